The molecule has 0 bridgehead atoms. The van der Waals surface area contributed by atoms with Crippen molar-refractivity contribution in [2.45, 2.75) is 13.0 Å². The normalized spacial score (nSPS) is 22.4. The van der Waals surface area contributed by atoms with E-state index in [-0.39, 0.29) is 36.9 Å². The third-order valence-corrected chi connectivity index (χ3v) is 2.59. The van der Waals surface area contributed by atoms with Gasteiger partial charge in [0.1, 0.15) is 0 Å². The van der Waals surface area contributed by atoms with Crippen LogP contribution >= 0.6 is 12.4 Å². The summed E-state index contributed by atoms with van der Waals surface area (Å²) in [4.78, 5) is 13.7. The van der Waals surface area contributed by atoms with Crippen molar-refractivity contribution in [3.8, 4) is 0 Å². The van der Waals surface area contributed by atoms with Crippen molar-refractivity contribution in [1.82, 2.24) is 10.2 Å². The molecule has 1 aliphatic rings. The van der Waals surface area contributed by atoms with E-state index in [1.807, 2.05) is 14.0 Å². The van der Waals surface area contributed by atoms with E-state index in [0.717, 1.165) is 0 Å². The summed E-state index contributed by atoms with van der Waals surface area (Å²) in [6, 6.07) is 0. The van der Waals surface area contributed by atoms with E-state index >= 15 is 0 Å². The molecule has 1 heterocycles. The van der Waals surface area contributed by atoms with Crippen molar-refractivity contribution >= 4 is 18.3 Å². The lowest BCUT2D eigenvalue weighted by Crippen LogP contribution is -2.49. The fourth-order valence-corrected chi connectivity index (χ4v) is 1.74. The molecule has 2 unspecified atom stereocenters. The summed E-state index contributed by atoms with van der Waals surface area (Å²) >= 11 is 0. The standard InChI is InChI=1S/C10H20N2O3.ClH/c1-8(5-11-2)10(14)12-3-4-15-9(6-12)7-13;/h8-9,11,13H,3-7H2,1-2H3;1H. The summed E-state index contributed by atoms with van der Waals surface area (Å²) in [5.74, 6) is 0.110. The molecule has 1 saturated heterocycles. The predicted molar refractivity (Wildman–Crippen MR) is 63.7 cm³/mol. The summed E-state index contributed by atoms with van der Waals surface area (Å²) < 4.78 is 5.29. The Labute approximate surface area is 103 Å². The Kier molecular flexibility index (Phi) is 7.66. The highest BCUT2D eigenvalue weighted by atomic mass is 35.5. The van der Waals surface area contributed by atoms with Crippen molar-refractivity contribution in [3.05, 3.63) is 0 Å². The number of halogens is 1. The maximum absolute atomic E-state index is 11.9. The van der Waals surface area contributed by atoms with Crippen LogP contribution in [0.15, 0.2) is 0 Å². The molecule has 0 aromatic carbocycles. The molecule has 16 heavy (non-hydrogen) atoms. The molecule has 1 amide bonds. The van der Waals surface area contributed by atoms with Gasteiger partial charge in [0.05, 0.1) is 19.3 Å². The van der Waals surface area contributed by atoms with Crippen molar-refractivity contribution in [1.29, 1.82) is 0 Å². The van der Waals surface area contributed by atoms with E-state index in [2.05, 4.69) is 5.32 Å². The number of morpholine rings is 1. The number of nitrogens with zero attached hydrogens (tertiary/aromatic N) is 1. The van der Waals surface area contributed by atoms with Gasteiger partial charge in [0.25, 0.3) is 0 Å². The van der Waals surface area contributed by atoms with Crippen molar-refractivity contribution in [3.63, 3.8) is 0 Å². The number of rotatable bonds is 4. The van der Waals surface area contributed by atoms with Gasteiger partial charge in [-0.05, 0) is 7.05 Å². The number of hydrogen-bond donors (Lipinski definition) is 2. The lowest BCUT2D eigenvalue weighted by molar-refractivity contribution is -0.143. The van der Waals surface area contributed by atoms with Gasteiger partial charge in [0.2, 0.25) is 5.91 Å². The van der Waals surface area contributed by atoms with E-state index in [1.54, 1.807) is 4.90 Å². The van der Waals surface area contributed by atoms with Crippen LogP contribution in [0.2, 0.25) is 0 Å². The molecule has 0 radical (unpaired) electrons. The largest absolute Gasteiger partial charge is 0.394 e. The fourth-order valence-electron chi connectivity index (χ4n) is 1.74. The zero-order chi connectivity index (χ0) is 11.3. The first-order valence-electron chi connectivity index (χ1n) is 5.35. The highest BCUT2D eigenvalue weighted by Crippen LogP contribution is 2.09. The van der Waals surface area contributed by atoms with Crippen molar-refractivity contribution < 1.29 is 14.6 Å². The van der Waals surface area contributed by atoms with Gasteiger partial charge in [-0.1, -0.05) is 6.92 Å². The highest BCUT2D eigenvalue weighted by molar-refractivity contribution is 5.85. The molecule has 0 spiro atoms. The third kappa shape index (κ3) is 4.25. The molecule has 1 fully saturated rings. The zero-order valence-electron chi connectivity index (χ0n) is 9.81. The van der Waals surface area contributed by atoms with E-state index in [9.17, 15) is 4.79 Å². The lowest BCUT2D eigenvalue weighted by atomic mass is 10.1. The fraction of sp³-hybridized carbons (Fsp3) is 0.900. The monoisotopic (exact) mass is 252 g/mol. The number of aliphatic hydroxyl groups excluding tert-OH is 1. The van der Waals surface area contributed by atoms with Crippen LogP contribution in [-0.4, -0.2) is 61.9 Å². The van der Waals surface area contributed by atoms with Gasteiger partial charge in [-0.25, -0.2) is 0 Å². The second-order valence-electron chi connectivity index (χ2n) is 3.92. The summed E-state index contributed by atoms with van der Waals surface area (Å²) in [5.41, 5.74) is 0. The molecule has 0 saturated carbocycles. The average molecular weight is 253 g/mol. The van der Waals surface area contributed by atoms with Crippen molar-refractivity contribution in [2.24, 2.45) is 5.92 Å². The van der Waals surface area contributed by atoms with Crippen LogP contribution in [0.4, 0.5) is 0 Å². The van der Waals surface area contributed by atoms with Gasteiger partial charge < -0.3 is 20.1 Å². The number of aliphatic hydroxyl groups is 1. The molecule has 1 aliphatic heterocycles. The molecule has 96 valence electrons. The topological polar surface area (TPSA) is 61.8 Å². The second-order valence-corrected chi connectivity index (χ2v) is 3.92. The summed E-state index contributed by atoms with van der Waals surface area (Å²) in [6.07, 6.45) is -0.218. The van der Waals surface area contributed by atoms with Gasteiger partial charge in [-0.2, -0.15) is 0 Å². The Morgan fingerprint density at radius 1 is 1.69 bits per heavy atom. The number of carbonyl (C=O) groups excluding carboxylic acids is 1. The molecular formula is C10H21ClN2O3. The maximum atomic E-state index is 11.9. The van der Waals surface area contributed by atoms with Crippen LogP contribution < -0.4 is 5.32 Å². The van der Waals surface area contributed by atoms with Crippen LogP contribution in [0.5, 0.6) is 0 Å². The number of ether oxygens (including phenoxy) is 1. The van der Waals surface area contributed by atoms with E-state index < -0.39 is 0 Å². The van der Waals surface area contributed by atoms with Crippen LogP contribution in [0.1, 0.15) is 6.92 Å². The van der Waals surface area contributed by atoms with Gasteiger partial charge in [0.15, 0.2) is 0 Å². The smallest absolute Gasteiger partial charge is 0.226 e. The van der Waals surface area contributed by atoms with E-state index in [0.29, 0.717) is 26.2 Å². The minimum absolute atomic E-state index is 0. The average Bonchev–Trinajstić information content (AvgIpc) is 2.28. The molecule has 2 atom stereocenters. The molecule has 6 heteroatoms. The molecule has 0 aromatic heterocycles. The Morgan fingerprint density at radius 2 is 2.38 bits per heavy atom. The van der Waals surface area contributed by atoms with Gasteiger partial charge >= 0.3 is 0 Å². The number of carbonyl (C=O) groups is 1. The molecule has 1 rings (SSSR count). The Balaban J connectivity index is 0.00000225. The minimum atomic E-state index is -0.218. The quantitative estimate of drug-likeness (QED) is 0.707. The number of nitrogens with one attached hydrogen (secondary N) is 1. The summed E-state index contributed by atoms with van der Waals surface area (Å²) in [6.45, 7) is 4.21. The molecular weight excluding hydrogens is 232 g/mol. The number of hydrogen-bond acceptors (Lipinski definition) is 4. The van der Waals surface area contributed by atoms with Gasteiger partial charge in [0, 0.05) is 25.6 Å². The molecule has 0 aromatic rings. The minimum Gasteiger partial charge on any atom is -0.394 e. The Morgan fingerprint density at radius 3 is 2.94 bits per heavy atom. The Hall–Kier alpha value is -0.360. The summed E-state index contributed by atoms with van der Waals surface area (Å²) in [7, 11) is 1.83. The van der Waals surface area contributed by atoms with Crippen LogP contribution in [0.3, 0.4) is 0 Å². The zero-order valence-corrected chi connectivity index (χ0v) is 10.6. The first-order chi connectivity index (χ1) is 7.19. The SMILES string of the molecule is CNCC(C)C(=O)N1CCOC(CO)C1.Cl. The van der Waals surface area contributed by atoms with Crippen molar-refractivity contribution in [2.75, 3.05) is 39.9 Å². The molecule has 5 nitrogen and oxygen atoms in total. The lowest BCUT2D eigenvalue weighted by Gasteiger charge is -2.33. The van der Waals surface area contributed by atoms with Gasteiger partial charge in [-0.3, -0.25) is 4.79 Å². The third-order valence-electron chi connectivity index (χ3n) is 2.59. The van der Waals surface area contributed by atoms with Crippen LogP contribution in [0.25, 0.3) is 0 Å². The second kappa shape index (κ2) is 7.84. The molecule has 0 aliphatic carbocycles. The Bertz CT molecular complexity index is 216. The summed E-state index contributed by atoms with van der Waals surface area (Å²) in [5, 5.41) is 11.9. The van der Waals surface area contributed by atoms with E-state index in [4.69, 9.17) is 9.84 Å². The predicted octanol–water partition coefficient (Wildman–Crippen LogP) is -0.517. The van der Waals surface area contributed by atoms with E-state index in [1.165, 1.54) is 0 Å². The van der Waals surface area contributed by atoms with Gasteiger partial charge in [-0.15, -0.1) is 12.4 Å². The first kappa shape index (κ1) is 15.6. The number of amides is 1. The maximum Gasteiger partial charge on any atom is 0.226 e. The highest BCUT2D eigenvalue weighted by Gasteiger charge is 2.26. The van der Waals surface area contributed by atoms with Crippen LogP contribution in [-0.2, 0) is 9.53 Å². The van der Waals surface area contributed by atoms with Crippen LogP contribution in [0, 0.1) is 5.92 Å². The molecule has 2 N–H and O–H groups in total. The first-order valence-corrected chi connectivity index (χ1v) is 5.35.